The summed E-state index contributed by atoms with van der Waals surface area (Å²) in [5, 5.41) is 0. The topological polar surface area (TPSA) is 55.7 Å². The molecule has 0 bridgehead atoms. The SMILES string of the molecule is O=C=NC(C(=O)OCc1ccccc1)c1ccccc1. The molecule has 0 fully saturated rings. The molecule has 20 heavy (non-hydrogen) atoms. The molecule has 4 heteroatoms. The van der Waals surface area contributed by atoms with E-state index in [0.717, 1.165) is 5.56 Å². The van der Waals surface area contributed by atoms with Gasteiger partial charge in [0.05, 0.1) is 0 Å². The summed E-state index contributed by atoms with van der Waals surface area (Å²) in [6.45, 7) is 0.150. The third-order valence-corrected chi connectivity index (χ3v) is 2.74. The Balaban J connectivity index is 2.07. The van der Waals surface area contributed by atoms with Crippen molar-refractivity contribution in [2.45, 2.75) is 12.6 Å². The van der Waals surface area contributed by atoms with Crippen molar-refractivity contribution in [3.05, 3.63) is 71.8 Å². The zero-order valence-corrected chi connectivity index (χ0v) is 10.7. The van der Waals surface area contributed by atoms with Crippen LogP contribution in [-0.2, 0) is 20.9 Å². The average Bonchev–Trinajstić information content (AvgIpc) is 2.52. The lowest BCUT2D eigenvalue weighted by atomic mass is 10.1. The van der Waals surface area contributed by atoms with E-state index in [-0.39, 0.29) is 6.61 Å². The Morgan fingerprint density at radius 2 is 1.65 bits per heavy atom. The van der Waals surface area contributed by atoms with E-state index < -0.39 is 12.0 Å². The molecule has 0 N–H and O–H groups in total. The fourth-order valence-corrected chi connectivity index (χ4v) is 1.76. The normalized spacial score (nSPS) is 11.2. The summed E-state index contributed by atoms with van der Waals surface area (Å²) in [6, 6.07) is 17.2. The van der Waals surface area contributed by atoms with E-state index in [0.29, 0.717) is 5.56 Å². The second-order valence-electron chi connectivity index (χ2n) is 4.13. The Hall–Kier alpha value is -2.71. The molecule has 2 rings (SSSR count). The van der Waals surface area contributed by atoms with Gasteiger partial charge in [-0.25, -0.2) is 9.59 Å². The molecule has 0 aliphatic rings. The maximum Gasteiger partial charge on any atom is 0.336 e. The van der Waals surface area contributed by atoms with E-state index in [1.807, 2.05) is 36.4 Å². The van der Waals surface area contributed by atoms with Crippen molar-refractivity contribution < 1.29 is 14.3 Å². The minimum absolute atomic E-state index is 0.150. The summed E-state index contributed by atoms with van der Waals surface area (Å²) in [5.41, 5.74) is 1.48. The third kappa shape index (κ3) is 3.64. The highest BCUT2D eigenvalue weighted by molar-refractivity contribution is 5.78. The first kappa shape index (κ1) is 13.7. The van der Waals surface area contributed by atoms with Crippen molar-refractivity contribution in [2.24, 2.45) is 4.99 Å². The first-order valence-electron chi connectivity index (χ1n) is 6.14. The van der Waals surface area contributed by atoms with E-state index in [1.54, 1.807) is 24.3 Å². The van der Waals surface area contributed by atoms with E-state index in [1.165, 1.54) is 6.08 Å². The van der Waals surface area contributed by atoms with Crippen molar-refractivity contribution in [2.75, 3.05) is 0 Å². The number of hydrogen-bond acceptors (Lipinski definition) is 4. The zero-order chi connectivity index (χ0) is 14.2. The van der Waals surface area contributed by atoms with Gasteiger partial charge in [-0.1, -0.05) is 60.7 Å². The molecule has 100 valence electrons. The van der Waals surface area contributed by atoms with Crippen LogP contribution in [-0.4, -0.2) is 12.0 Å². The van der Waals surface area contributed by atoms with Gasteiger partial charge in [-0.2, -0.15) is 4.99 Å². The van der Waals surface area contributed by atoms with Gasteiger partial charge >= 0.3 is 5.97 Å². The standard InChI is InChI=1S/C16H13NO3/c18-12-17-15(14-9-5-2-6-10-14)16(19)20-11-13-7-3-1-4-8-13/h1-10,15H,11H2. The molecule has 1 unspecified atom stereocenters. The van der Waals surface area contributed by atoms with Crippen LogP contribution in [0.3, 0.4) is 0 Å². The van der Waals surface area contributed by atoms with E-state index in [9.17, 15) is 9.59 Å². The molecule has 0 saturated carbocycles. The minimum atomic E-state index is -0.961. The number of hydrogen-bond donors (Lipinski definition) is 0. The summed E-state index contributed by atoms with van der Waals surface area (Å²) in [5.74, 6) is -0.566. The van der Waals surface area contributed by atoms with Crippen LogP contribution in [0, 0.1) is 0 Å². The molecule has 0 aliphatic heterocycles. The van der Waals surface area contributed by atoms with Crippen molar-refractivity contribution in [3.8, 4) is 0 Å². The quantitative estimate of drug-likeness (QED) is 0.475. The van der Waals surface area contributed by atoms with Crippen LogP contribution in [0.1, 0.15) is 17.2 Å². The van der Waals surface area contributed by atoms with Gasteiger partial charge in [0, 0.05) is 0 Å². The molecule has 0 radical (unpaired) electrons. The van der Waals surface area contributed by atoms with Crippen LogP contribution in [0.4, 0.5) is 0 Å². The molecule has 0 amide bonds. The van der Waals surface area contributed by atoms with Gasteiger partial charge in [0.25, 0.3) is 0 Å². The Labute approximate surface area is 116 Å². The highest BCUT2D eigenvalue weighted by Gasteiger charge is 2.21. The molecular weight excluding hydrogens is 254 g/mol. The number of rotatable bonds is 5. The molecule has 2 aromatic rings. The van der Waals surface area contributed by atoms with Gasteiger partial charge in [-0.05, 0) is 11.1 Å². The van der Waals surface area contributed by atoms with Crippen molar-refractivity contribution in [1.82, 2.24) is 0 Å². The first-order chi connectivity index (χ1) is 9.81. The number of carbonyl (C=O) groups is 1. The Bertz CT molecular complexity index is 604. The third-order valence-electron chi connectivity index (χ3n) is 2.74. The summed E-state index contributed by atoms with van der Waals surface area (Å²) in [4.78, 5) is 26.0. The molecule has 0 saturated heterocycles. The second-order valence-corrected chi connectivity index (χ2v) is 4.13. The monoisotopic (exact) mass is 267 g/mol. The molecule has 4 nitrogen and oxygen atoms in total. The Morgan fingerprint density at radius 1 is 1.05 bits per heavy atom. The summed E-state index contributed by atoms with van der Waals surface area (Å²) < 4.78 is 5.19. The molecular formula is C16H13NO3. The smallest absolute Gasteiger partial charge is 0.336 e. The maximum absolute atomic E-state index is 12.0. The highest BCUT2D eigenvalue weighted by Crippen LogP contribution is 2.19. The van der Waals surface area contributed by atoms with Crippen LogP contribution in [0.5, 0.6) is 0 Å². The Morgan fingerprint density at radius 3 is 2.25 bits per heavy atom. The second kappa shape index (κ2) is 7.02. The first-order valence-corrected chi connectivity index (χ1v) is 6.14. The largest absolute Gasteiger partial charge is 0.459 e. The number of nitrogens with zero attached hydrogens (tertiary/aromatic N) is 1. The molecule has 0 spiro atoms. The number of carbonyl (C=O) groups excluding carboxylic acids is 2. The van der Waals surface area contributed by atoms with E-state index in [2.05, 4.69) is 4.99 Å². The number of isocyanates is 1. The molecule has 2 aromatic carbocycles. The predicted molar refractivity (Wildman–Crippen MR) is 73.5 cm³/mol. The van der Waals surface area contributed by atoms with E-state index >= 15 is 0 Å². The maximum atomic E-state index is 12.0. The molecule has 0 aromatic heterocycles. The van der Waals surface area contributed by atoms with Crippen molar-refractivity contribution >= 4 is 12.0 Å². The van der Waals surface area contributed by atoms with Crippen LogP contribution in [0.2, 0.25) is 0 Å². The van der Waals surface area contributed by atoms with Gasteiger partial charge in [0.1, 0.15) is 6.61 Å². The predicted octanol–water partition coefficient (Wildman–Crippen LogP) is 2.81. The van der Waals surface area contributed by atoms with Crippen molar-refractivity contribution in [3.63, 3.8) is 0 Å². The van der Waals surface area contributed by atoms with Gasteiger partial charge in [-0.3, -0.25) is 0 Å². The summed E-state index contributed by atoms with van der Waals surface area (Å²) in [7, 11) is 0. The fourth-order valence-electron chi connectivity index (χ4n) is 1.76. The lowest BCUT2D eigenvalue weighted by molar-refractivity contribution is -0.146. The summed E-state index contributed by atoms with van der Waals surface area (Å²) >= 11 is 0. The average molecular weight is 267 g/mol. The number of esters is 1. The van der Waals surface area contributed by atoms with Crippen molar-refractivity contribution in [1.29, 1.82) is 0 Å². The lowest BCUT2D eigenvalue weighted by Crippen LogP contribution is -2.14. The van der Waals surface area contributed by atoms with Gasteiger partial charge in [0.15, 0.2) is 6.04 Å². The zero-order valence-electron chi connectivity index (χ0n) is 10.7. The lowest BCUT2D eigenvalue weighted by Gasteiger charge is -2.11. The molecule has 0 aliphatic carbocycles. The fraction of sp³-hybridized carbons (Fsp3) is 0.125. The van der Waals surface area contributed by atoms with E-state index in [4.69, 9.17) is 4.74 Å². The highest BCUT2D eigenvalue weighted by atomic mass is 16.5. The minimum Gasteiger partial charge on any atom is -0.459 e. The van der Waals surface area contributed by atoms with Crippen LogP contribution >= 0.6 is 0 Å². The number of aliphatic imine (C=N–C) groups is 1. The van der Waals surface area contributed by atoms with Crippen LogP contribution in [0.25, 0.3) is 0 Å². The summed E-state index contributed by atoms with van der Waals surface area (Å²) in [6.07, 6.45) is 1.42. The van der Waals surface area contributed by atoms with Crippen LogP contribution in [0.15, 0.2) is 65.7 Å². The number of ether oxygens (including phenoxy) is 1. The Kier molecular flexibility index (Phi) is 4.81. The van der Waals surface area contributed by atoms with Gasteiger partial charge in [-0.15, -0.1) is 0 Å². The van der Waals surface area contributed by atoms with Crippen LogP contribution < -0.4 is 0 Å². The van der Waals surface area contributed by atoms with Gasteiger partial charge < -0.3 is 4.74 Å². The number of benzene rings is 2. The molecule has 1 atom stereocenters. The molecule has 0 heterocycles. The van der Waals surface area contributed by atoms with Gasteiger partial charge in [0.2, 0.25) is 6.08 Å².